The predicted molar refractivity (Wildman–Crippen MR) is 76.5 cm³/mol. The number of rotatable bonds is 2. The molecule has 0 spiro atoms. The average Bonchev–Trinajstić information content (AvgIpc) is 2.61. The number of anilines is 1. The maximum absolute atomic E-state index is 12.3. The van der Waals surface area contributed by atoms with Gasteiger partial charge in [-0.15, -0.1) is 6.58 Å². The molecule has 2 rings (SSSR count). The molecule has 2 unspecified atom stereocenters. The summed E-state index contributed by atoms with van der Waals surface area (Å²) >= 11 is 0. The van der Waals surface area contributed by atoms with Crippen LogP contribution in [0.2, 0.25) is 0 Å². The summed E-state index contributed by atoms with van der Waals surface area (Å²) < 4.78 is 5.34. The molecule has 0 aromatic carbocycles. The maximum atomic E-state index is 12.3. The molecule has 0 bridgehead atoms. The third-order valence-electron chi connectivity index (χ3n) is 3.08. The van der Waals surface area contributed by atoms with E-state index in [1.165, 1.54) is 4.90 Å². The van der Waals surface area contributed by atoms with Crippen LogP contribution in [-0.4, -0.2) is 28.0 Å². The van der Waals surface area contributed by atoms with Crippen LogP contribution in [0.25, 0.3) is 0 Å². The van der Waals surface area contributed by atoms with Gasteiger partial charge in [0.25, 0.3) is 0 Å². The molecule has 0 saturated carbocycles. The number of pyridine rings is 1. The largest absolute Gasteiger partial charge is 0.443 e. The Balaban J connectivity index is 2.35. The summed E-state index contributed by atoms with van der Waals surface area (Å²) in [7, 11) is 0. The van der Waals surface area contributed by atoms with Gasteiger partial charge in [-0.05, 0) is 33.3 Å². The first-order valence-corrected chi connectivity index (χ1v) is 6.61. The minimum absolute atomic E-state index is 0.219. The van der Waals surface area contributed by atoms with Gasteiger partial charge in [0.1, 0.15) is 17.6 Å². The van der Waals surface area contributed by atoms with Crippen LogP contribution in [0, 0.1) is 0 Å². The lowest BCUT2D eigenvalue weighted by Gasteiger charge is -2.27. The van der Waals surface area contributed by atoms with Crippen LogP contribution in [0.1, 0.15) is 38.7 Å². The molecule has 1 aromatic rings. The van der Waals surface area contributed by atoms with Gasteiger partial charge in [0.05, 0.1) is 0 Å². The van der Waals surface area contributed by atoms with Gasteiger partial charge < -0.3 is 9.84 Å². The zero-order valence-electron chi connectivity index (χ0n) is 12.0. The SMILES string of the molecule is C=CCC1c2cccnc2N(C(=O)OC(C)(C)C)C1O. The smallest absolute Gasteiger partial charge is 0.418 e. The molecule has 1 aromatic heterocycles. The highest BCUT2D eigenvalue weighted by atomic mass is 16.6. The molecule has 2 atom stereocenters. The lowest BCUT2D eigenvalue weighted by Crippen LogP contribution is -2.42. The number of hydrogen-bond acceptors (Lipinski definition) is 4. The van der Waals surface area contributed by atoms with Crippen LogP contribution >= 0.6 is 0 Å². The number of allylic oxidation sites excluding steroid dienone is 1. The summed E-state index contributed by atoms with van der Waals surface area (Å²) in [6.45, 7) is 9.05. The number of ether oxygens (including phenoxy) is 1. The Morgan fingerprint density at radius 2 is 2.30 bits per heavy atom. The van der Waals surface area contributed by atoms with Crippen molar-refractivity contribution >= 4 is 11.9 Å². The second-order valence-corrected chi connectivity index (χ2v) is 5.81. The molecule has 1 aliphatic rings. The summed E-state index contributed by atoms with van der Waals surface area (Å²) in [4.78, 5) is 17.7. The maximum Gasteiger partial charge on any atom is 0.418 e. The van der Waals surface area contributed by atoms with Crippen molar-refractivity contribution in [2.45, 2.75) is 44.9 Å². The number of aliphatic hydroxyl groups is 1. The number of hydrogen-bond donors (Lipinski definition) is 1. The quantitative estimate of drug-likeness (QED) is 0.844. The predicted octanol–water partition coefficient (Wildman–Crippen LogP) is 2.81. The van der Waals surface area contributed by atoms with Crippen LogP contribution in [0.3, 0.4) is 0 Å². The number of fused-ring (bicyclic) bond motifs is 1. The van der Waals surface area contributed by atoms with Crippen molar-refractivity contribution in [3.05, 3.63) is 36.5 Å². The molecule has 2 heterocycles. The highest BCUT2D eigenvalue weighted by Crippen LogP contribution is 2.41. The number of carbonyl (C=O) groups is 1. The van der Waals surface area contributed by atoms with E-state index in [1.807, 2.05) is 6.07 Å². The average molecular weight is 276 g/mol. The fourth-order valence-corrected chi connectivity index (χ4v) is 2.30. The van der Waals surface area contributed by atoms with Crippen molar-refractivity contribution in [1.82, 2.24) is 4.98 Å². The topological polar surface area (TPSA) is 62.7 Å². The summed E-state index contributed by atoms with van der Waals surface area (Å²) in [6, 6.07) is 3.66. The third kappa shape index (κ3) is 2.67. The number of aliphatic hydroxyl groups excluding tert-OH is 1. The monoisotopic (exact) mass is 276 g/mol. The number of amides is 1. The number of aromatic nitrogens is 1. The van der Waals surface area contributed by atoms with Crippen LogP contribution in [0.5, 0.6) is 0 Å². The zero-order chi connectivity index (χ0) is 14.9. The van der Waals surface area contributed by atoms with Crippen LogP contribution in [0.15, 0.2) is 31.0 Å². The zero-order valence-corrected chi connectivity index (χ0v) is 12.0. The summed E-state index contributed by atoms with van der Waals surface area (Å²) in [5, 5.41) is 10.4. The second-order valence-electron chi connectivity index (χ2n) is 5.81. The lowest BCUT2D eigenvalue weighted by molar-refractivity contribution is 0.0463. The van der Waals surface area contributed by atoms with Gasteiger partial charge in [-0.3, -0.25) is 0 Å². The molecule has 1 amide bonds. The molecule has 0 saturated heterocycles. The fraction of sp³-hybridized carbons (Fsp3) is 0.467. The Labute approximate surface area is 118 Å². The molecule has 1 N–H and O–H groups in total. The Morgan fingerprint density at radius 3 is 2.90 bits per heavy atom. The molecule has 108 valence electrons. The van der Waals surface area contributed by atoms with E-state index >= 15 is 0 Å². The lowest BCUT2D eigenvalue weighted by atomic mass is 9.98. The van der Waals surface area contributed by atoms with Crippen molar-refractivity contribution < 1.29 is 14.6 Å². The Morgan fingerprint density at radius 1 is 1.60 bits per heavy atom. The molecular weight excluding hydrogens is 256 g/mol. The first-order chi connectivity index (χ1) is 9.35. The van der Waals surface area contributed by atoms with E-state index in [-0.39, 0.29) is 5.92 Å². The van der Waals surface area contributed by atoms with Crippen LogP contribution < -0.4 is 4.90 Å². The standard InChI is InChI=1S/C15H20N2O3/c1-5-7-11-10-8-6-9-16-12(10)17(13(11)18)14(19)20-15(2,3)4/h5-6,8-9,11,13,18H,1,7H2,2-4H3. The van der Waals surface area contributed by atoms with E-state index in [1.54, 1.807) is 39.1 Å². The van der Waals surface area contributed by atoms with E-state index in [9.17, 15) is 9.90 Å². The van der Waals surface area contributed by atoms with Crippen LogP contribution in [0.4, 0.5) is 10.6 Å². The number of nitrogens with zero attached hydrogens (tertiary/aromatic N) is 2. The third-order valence-corrected chi connectivity index (χ3v) is 3.08. The van der Waals surface area contributed by atoms with E-state index in [0.29, 0.717) is 12.2 Å². The highest BCUT2D eigenvalue weighted by molar-refractivity contribution is 5.90. The molecule has 20 heavy (non-hydrogen) atoms. The van der Waals surface area contributed by atoms with Crippen molar-refractivity contribution in [3.63, 3.8) is 0 Å². The molecule has 1 aliphatic heterocycles. The fourth-order valence-electron chi connectivity index (χ4n) is 2.30. The van der Waals surface area contributed by atoms with E-state index in [0.717, 1.165) is 5.56 Å². The molecule has 5 heteroatoms. The highest BCUT2D eigenvalue weighted by Gasteiger charge is 2.42. The van der Waals surface area contributed by atoms with E-state index in [4.69, 9.17) is 4.74 Å². The Bertz CT molecular complexity index is 522. The van der Waals surface area contributed by atoms with Crippen LogP contribution in [-0.2, 0) is 4.74 Å². The van der Waals surface area contributed by atoms with Gasteiger partial charge in [0, 0.05) is 17.7 Å². The second kappa shape index (κ2) is 5.25. The normalized spacial score (nSPS) is 21.5. The summed E-state index contributed by atoms with van der Waals surface area (Å²) in [6.07, 6.45) is 2.33. The molecule has 0 aliphatic carbocycles. The van der Waals surface area contributed by atoms with Crippen molar-refractivity contribution in [1.29, 1.82) is 0 Å². The first-order valence-electron chi connectivity index (χ1n) is 6.61. The van der Waals surface area contributed by atoms with Crippen molar-refractivity contribution in [2.24, 2.45) is 0 Å². The van der Waals surface area contributed by atoms with Crippen molar-refractivity contribution in [2.75, 3.05) is 4.90 Å². The first kappa shape index (κ1) is 14.5. The molecule has 0 fully saturated rings. The van der Waals surface area contributed by atoms with Gasteiger partial charge in [-0.2, -0.15) is 0 Å². The minimum Gasteiger partial charge on any atom is -0.443 e. The van der Waals surface area contributed by atoms with Gasteiger partial charge in [0.15, 0.2) is 0 Å². The van der Waals surface area contributed by atoms with Gasteiger partial charge >= 0.3 is 6.09 Å². The minimum atomic E-state index is -0.979. The Kier molecular flexibility index (Phi) is 3.81. The Hall–Kier alpha value is -1.88. The van der Waals surface area contributed by atoms with E-state index < -0.39 is 17.9 Å². The van der Waals surface area contributed by atoms with Gasteiger partial charge in [-0.25, -0.2) is 14.7 Å². The van der Waals surface area contributed by atoms with E-state index in [2.05, 4.69) is 11.6 Å². The van der Waals surface area contributed by atoms with Crippen molar-refractivity contribution in [3.8, 4) is 0 Å². The molecule has 0 radical (unpaired) electrons. The molecule has 5 nitrogen and oxygen atoms in total. The molecular formula is C15H20N2O3. The van der Waals surface area contributed by atoms with Gasteiger partial charge in [-0.1, -0.05) is 12.1 Å². The van der Waals surface area contributed by atoms with Gasteiger partial charge in [0.2, 0.25) is 0 Å². The summed E-state index contributed by atoms with van der Waals surface area (Å²) in [5.41, 5.74) is 0.216. The number of carbonyl (C=O) groups excluding carboxylic acids is 1. The summed E-state index contributed by atoms with van der Waals surface area (Å²) in [5.74, 6) is 0.241.